The lowest BCUT2D eigenvalue weighted by molar-refractivity contribution is 0.343. The van der Waals surface area contributed by atoms with Crippen molar-refractivity contribution in [1.82, 2.24) is 9.71 Å². The smallest absolute Gasteiger partial charge is 0.241 e. The Morgan fingerprint density at radius 1 is 1.15 bits per heavy atom. The van der Waals surface area contributed by atoms with E-state index < -0.39 is 16.1 Å². The summed E-state index contributed by atoms with van der Waals surface area (Å²) < 4.78 is 39.6. The minimum absolute atomic E-state index is 0.170. The molecule has 0 bridgehead atoms. The molecule has 1 aromatic heterocycles. The fraction of sp³-hybridized carbons (Fsp3) is 0.250. The van der Waals surface area contributed by atoms with E-state index in [1.807, 2.05) is 31.2 Å². The Morgan fingerprint density at radius 3 is 2.70 bits per heavy atom. The predicted molar refractivity (Wildman–Crippen MR) is 105 cm³/mol. The number of rotatable bonds is 7. The van der Waals surface area contributed by atoms with Gasteiger partial charge in [-0.05, 0) is 55.8 Å². The van der Waals surface area contributed by atoms with Gasteiger partial charge in [0.25, 0.3) is 0 Å². The summed E-state index contributed by atoms with van der Waals surface area (Å²) in [6.45, 7) is 4.14. The second-order valence-electron chi connectivity index (χ2n) is 6.01. The summed E-state index contributed by atoms with van der Waals surface area (Å²) in [6, 6.07) is 13.5. The minimum Gasteiger partial charge on any atom is -0.497 e. The molecule has 3 aromatic rings. The zero-order chi connectivity index (χ0) is 19.4. The van der Waals surface area contributed by atoms with Crippen molar-refractivity contribution in [2.75, 3.05) is 13.7 Å². The molecule has 0 aliphatic heterocycles. The van der Waals surface area contributed by atoms with E-state index in [4.69, 9.17) is 9.47 Å². The normalized spacial score (nSPS) is 12.7. The van der Waals surface area contributed by atoms with Crippen LogP contribution in [0.5, 0.6) is 11.5 Å². The molecule has 0 fully saturated rings. The van der Waals surface area contributed by atoms with Crippen LogP contribution < -0.4 is 14.2 Å². The molecule has 0 saturated carbocycles. The van der Waals surface area contributed by atoms with Crippen LogP contribution in [0.4, 0.5) is 0 Å². The molecule has 0 unspecified atom stereocenters. The lowest BCUT2D eigenvalue weighted by atomic mass is 10.1. The molecular formula is C20H22N2O4S. The topological polar surface area (TPSA) is 77.5 Å². The number of hydrogen-bond acceptors (Lipinski definition) is 5. The quantitative estimate of drug-likeness (QED) is 0.670. The number of nitrogens with zero attached hydrogens (tertiary/aromatic N) is 1. The van der Waals surface area contributed by atoms with Crippen molar-refractivity contribution in [3.05, 3.63) is 60.3 Å². The van der Waals surface area contributed by atoms with Crippen LogP contribution in [0.2, 0.25) is 0 Å². The minimum atomic E-state index is -3.77. The van der Waals surface area contributed by atoms with E-state index in [9.17, 15) is 8.42 Å². The Hall–Kier alpha value is -2.64. The second kappa shape index (κ2) is 7.94. The van der Waals surface area contributed by atoms with Crippen LogP contribution in [0.1, 0.15) is 25.5 Å². The maximum absolute atomic E-state index is 13.0. The van der Waals surface area contributed by atoms with Gasteiger partial charge in [0, 0.05) is 17.6 Å². The van der Waals surface area contributed by atoms with Crippen LogP contribution in [0.15, 0.2) is 59.6 Å². The van der Waals surface area contributed by atoms with Gasteiger partial charge in [0.05, 0.1) is 18.6 Å². The number of nitrogens with one attached hydrogen (secondary N) is 1. The van der Waals surface area contributed by atoms with Crippen molar-refractivity contribution >= 4 is 20.9 Å². The number of ether oxygens (including phenoxy) is 2. The van der Waals surface area contributed by atoms with Crippen molar-refractivity contribution in [3.8, 4) is 11.5 Å². The largest absolute Gasteiger partial charge is 0.497 e. The SMILES string of the molecule is CCOc1ccc(S(=O)(=O)N[C@H](C)c2cccc(OC)c2)c2cccnc12. The Kier molecular flexibility index (Phi) is 5.62. The summed E-state index contributed by atoms with van der Waals surface area (Å²) in [5.41, 5.74) is 1.34. The van der Waals surface area contributed by atoms with Crippen molar-refractivity contribution in [3.63, 3.8) is 0 Å². The Bertz CT molecular complexity index is 1050. The fourth-order valence-electron chi connectivity index (χ4n) is 2.90. The second-order valence-corrected chi connectivity index (χ2v) is 7.70. The first-order valence-corrected chi connectivity index (χ1v) is 10.1. The van der Waals surface area contributed by atoms with Gasteiger partial charge >= 0.3 is 0 Å². The zero-order valence-electron chi connectivity index (χ0n) is 15.5. The molecule has 2 aromatic carbocycles. The number of fused-ring (bicyclic) bond motifs is 1. The lowest BCUT2D eigenvalue weighted by Gasteiger charge is -2.17. The molecule has 142 valence electrons. The number of sulfonamides is 1. The van der Waals surface area contributed by atoms with E-state index in [0.717, 1.165) is 5.56 Å². The van der Waals surface area contributed by atoms with E-state index in [1.165, 1.54) is 0 Å². The highest BCUT2D eigenvalue weighted by molar-refractivity contribution is 7.89. The molecule has 0 spiro atoms. The van der Waals surface area contributed by atoms with Gasteiger partial charge in [-0.1, -0.05) is 12.1 Å². The van der Waals surface area contributed by atoms with Gasteiger partial charge < -0.3 is 9.47 Å². The van der Waals surface area contributed by atoms with E-state index in [1.54, 1.807) is 44.5 Å². The van der Waals surface area contributed by atoms with Crippen LogP contribution in [0, 0.1) is 0 Å². The number of methoxy groups -OCH3 is 1. The molecule has 27 heavy (non-hydrogen) atoms. The number of aromatic nitrogens is 1. The first-order valence-electron chi connectivity index (χ1n) is 8.63. The first-order chi connectivity index (χ1) is 13.0. The molecular weight excluding hydrogens is 364 g/mol. The Balaban J connectivity index is 1.98. The molecule has 1 heterocycles. The van der Waals surface area contributed by atoms with E-state index >= 15 is 0 Å². The average molecular weight is 386 g/mol. The summed E-state index contributed by atoms with van der Waals surface area (Å²) in [5, 5.41) is 0.522. The number of hydrogen-bond donors (Lipinski definition) is 1. The third-order valence-electron chi connectivity index (χ3n) is 4.21. The molecule has 0 amide bonds. The van der Waals surface area contributed by atoms with E-state index in [2.05, 4.69) is 9.71 Å². The zero-order valence-corrected chi connectivity index (χ0v) is 16.3. The summed E-state index contributed by atoms with van der Waals surface area (Å²) in [4.78, 5) is 4.47. The van der Waals surface area contributed by atoms with Crippen LogP contribution in [0.3, 0.4) is 0 Å². The van der Waals surface area contributed by atoms with Gasteiger partial charge in [0.2, 0.25) is 10.0 Å². The molecule has 1 N–H and O–H groups in total. The predicted octanol–water partition coefficient (Wildman–Crippen LogP) is 3.68. The van der Waals surface area contributed by atoms with Crippen molar-refractivity contribution < 1.29 is 17.9 Å². The maximum Gasteiger partial charge on any atom is 0.241 e. The molecule has 0 saturated heterocycles. The van der Waals surface area contributed by atoms with Gasteiger partial charge in [-0.2, -0.15) is 0 Å². The summed E-state index contributed by atoms with van der Waals surface area (Å²) in [7, 11) is -2.20. The van der Waals surface area contributed by atoms with Crippen LogP contribution >= 0.6 is 0 Å². The Labute approximate surface area is 159 Å². The average Bonchev–Trinajstić information content (AvgIpc) is 2.68. The van der Waals surface area contributed by atoms with Gasteiger partial charge in [0.1, 0.15) is 17.0 Å². The van der Waals surface area contributed by atoms with Gasteiger partial charge in [-0.25, -0.2) is 13.1 Å². The molecule has 0 radical (unpaired) electrons. The van der Waals surface area contributed by atoms with Crippen LogP contribution in [-0.2, 0) is 10.0 Å². The third kappa shape index (κ3) is 4.04. The third-order valence-corrected chi connectivity index (χ3v) is 5.81. The van der Waals surface area contributed by atoms with Gasteiger partial charge in [-0.3, -0.25) is 4.98 Å². The highest BCUT2D eigenvalue weighted by Gasteiger charge is 2.22. The monoisotopic (exact) mass is 386 g/mol. The van der Waals surface area contributed by atoms with Crippen molar-refractivity contribution in [1.29, 1.82) is 0 Å². The highest BCUT2D eigenvalue weighted by Crippen LogP contribution is 2.30. The number of benzene rings is 2. The van der Waals surface area contributed by atoms with Crippen LogP contribution in [-0.4, -0.2) is 27.1 Å². The Morgan fingerprint density at radius 2 is 1.96 bits per heavy atom. The van der Waals surface area contributed by atoms with Crippen molar-refractivity contribution in [2.45, 2.75) is 24.8 Å². The van der Waals surface area contributed by atoms with Crippen molar-refractivity contribution in [2.24, 2.45) is 0 Å². The van der Waals surface area contributed by atoms with E-state index in [0.29, 0.717) is 29.0 Å². The molecule has 3 rings (SSSR count). The maximum atomic E-state index is 13.0. The summed E-state index contributed by atoms with van der Waals surface area (Å²) in [5.74, 6) is 1.24. The standard InChI is InChI=1S/C20H22N2O4S/c1-4-26-18-10-11-19(17-9-6-12-21-20(17)18)27(23,24)22-14(2)15-7-5-8-16(13-15)25-3/h5-14,22H,4H2,1-3H3/t14-/m1/s1. The molecule has 0 aliphatic rings. The molecule has 1 atom stereocenters. The van der Waals surface area contributed by atoms with Gasteiger partial charge in [-0.15, -0.1) is 0 Å². The lowest BCUT2D eigenvalue weighted by Crippen LogP contribution is -2.27. The summed E-state index contributed by atoms with van der Waals surface area (Å²) >= 11 is 0. The number of pyridine rings is 1. The summed E-state index contributed by atoms with van der Waals surface area (Å²) in [6.07, 6.45) is 1.62. The van der Waals surface area contributed by atoms with E-state index in [-0.39, 0.29) is 4.90 Å². The van der Waals surface area contributed by atoms with Gasteiger partial charge in [0.15, 0.2) is 0 Å². The fourth-order valence-corrected chi connectivity index (χ4v) is 4.33. The molecule has 6 nitrogen and oxygen atoms in total. The molecule has 0 aliphatic carbocycles. The molecule has 7 heteroatoms. The van der Waals surface area contributed by atoms with Crippen LogP contribution in [0.25, 0.3) is 10.9 Å². The highest BCUT2D eigenvalue weighted by atomic mass is 32.2. The first kappa shape index (κ1) is 19.1.